The number of ether oxygens (including phenoxy) is 1. The van der Waals surface area contributed by atoms with Crippen LogP contribution in [-0.2, 0) is 9.53 Å². The molecule has 3 rings (SSSR count). The summed E-state index contributed by atoms with van der Waals surface area (Å²) in [6, 6.07) is 15.4. The van der Waals surface area contributed by atoms with Crippen LogP contribution in [0, 0.1) is 0 Å². The molecule has 0 saturated carbocycles. The maximum atomic E-state index is 12.9. The number of aromatic nitrogens is 1. The SMILES string of the molecule is C=C(C)C(=O)OCCN(C(=O)Nc1ccc(-c2nc3ccccc3s2)cc1)C(C)(C)C. The molecule has 3 aromatic rings. The van der Waals surface area contributed by atoms with Gasteiger partial charge in [-0.3, -0.25) is 0 Å². The van der Waals surface area contributed by atoms with Crippen LogP contribution in [0.25, 0.3) is 20.8 Å². The number of benzene rings is 2. The largest absolute Gasteiger partial charge is 0.460 e. The molecule has 0 saturated heterocycles. The van der Waals surface area contributed by atoms with E-state index in [1.54, 1.807) is 23.2 Å². The predicted molar refractivity (Wildman–Crippen MR) is 126 cm³/mol. The molecule has 0 aliphatic rings. The first-order valence-electron chi connectivity index (χ1n) is 10.0. The molecule has 0 aliphatic heterocycles. The second kappa shape index (κ2) is 9.31. The van der Waals surface area contributed by atoms with E-state index in [-0.39, 0.29) is 19.2 Å². The Balaban J connectivity index is 1.67. The lowest BCUT2D eigenvalue weighted by atomic mass is 10.1. The van der Waals surface area contributed by atoms with Crippen molar-refractivity contribution >= 4 is 39.2 Å². The van der Waals surface area contributed by atoms with Crippen molar-refractivity contribution < 1.29 is 14.3 Å². The van der Waals surface area contributed by atoms with Crippen LogP contribution >= 0.6 is 11.3 Å². The molecule has 162 valence electrons. The van der Waals surface area contributed by atoms with Crippen molar-refractivity contribution in [3.05, 3.63) is 60.7 Å². The Kier molecular flexibility index (Phi) is 6.75. The van der Waals surface area contributed by atoms with Gasteiger partial charge in [0.15, 0.2) is 0 Å². The van der Waals surface area contributed by atoms with E-state index in [9.17, 15) is 9.59 Å². The Morgan fingerprint density at radius 2 is 1.81 bits per heavy atom. The van der Waals surface area contributed by atoms with Crippen LogP contribution < -0.4 is 5.32 Å². The van der Waals surface area contributed by atoms with E-state index >= 15 is 0 Å². The summed E-state index contributed by atoms with van der Waals surface area (Å²) in [5.74, 6) is -0.459. The molecule has 2 amide bonds. The maximum Gasteiger partial charge on any atom is 0.333 e. The summed E-state index contributed by atoms with van der Waals surface area (Å²) >= 11 is 1.64. The number of hydrogen-bond acceptors (Lipinski definition) is 5. The van der Waals surface area contributed by atoms with Crippen LogP contribution in [0.5, 0.6) is 0 Å². The van der Waals surface area contributed by atoms with Crippen LogP contribution in [0.2, 0.25) is 0 Å². The number of nitrogens with one attached hydrogen (secondary N) is 1. The van der Waals surface area contributed by atoms with Crippen molar-refractivity contribution in [3.8, 4) is 10.6 Å². The van der Waals surface area contributed by atoms with E-state index in [4.69, 9.17) is 4.74 Å². The van der Waals surface area contributed by atoms with E-state index < -0.39 is 11.5 Å². The molecule has 1 N–H and O–H groups in total. The zero-order valence-electron chi connectivity index (χ0n) is 18.3. The van der Waals surface area contributed by atoms with Crippen molar-refractivity contribution in [1.29, 1.82) is 0 Å². The first-order chi connectivity index (χ1) is 14.6. The number of carbonyl (C=O) groups is 2. The predicted octanol–water partition coefficient (Wildman–Crippen LogP) is 5.72. The van der Waals surface area contributed by atoms with E-state index in [1.165, 1.54) is 0 Å². The molecule has 7 heteroatoms. The van der Waals surface area contributed by atoms with Gasteiger partial charge in [0.05, 0.1) is 16.8 Å². The van der Waals surface area contributed by atoms with Gasteiger partial charge in [-0.25, -0.2) is 14.6 Å². The number of carbonyl (C=O) groups excluding carboxylic acids is 2. The summed E-state index contributed by atoms with van der Waals surface area (Å²) in [5, 5.41) is 3.87. The van der Waals surface area contributed by atoms with Crippen molar-refractivity contribution in [2.75, 3.05) is 18.5 Å². The maximum absolute atomic E-state index is 12.9. The topological polar surface area (TPSA) is 71.5 Å². The van der Waals surface area contributed by atoms with Gasteiger partial charge in [0, 0.05) is 22.4 Å². The average molecular weight is 438 g/mol. The molecule has 0 unspecified atom stereocenters. The first kappa shape index (κ1) is 22.5. The lowest BCUT2D eigenvalue weighted by Gasteiger charge is -2.35. The summed E-state index contributed by atoms with van der Waals surface area (Å²) in [6.45, 7) is 11.3. The highest BCUT2D eigenvalue weighted by Gasteiger charge is 2.26. The lowest BCUT2D eigenvalue weighted by molar-refractivity contribution is -0.139. The molecule has 2 aromatic carbocycles. The molecule has 0 radical (unpaired) electrons. The molecule has 0 aliphatic carbocycles. The first-order valence-corrected chi connectivity index (χ1v) is 10.8. The van der Waals surface area contributed by atoms with Gasteiger partial charge < -0.3 is 15.0 Å². The number of thiazole rings is 1. The van der Waals surface area contributed by atoms with Gasteiger partial charge in [0.1, 0.15) is 11.6 Å². The Bertz CT molecular complexity index is 1060. The number of nitrogens with zero attached hydrogens (tertiary/aromatic N) is 2. The minimum Gasteiger partial charge on any atom is -0.460 e. The van der Waals surface area contributed by atoms with Crippen LogP contribution in [0.4, 0.5) is 10.5 Å². The summed E-state index contributed by atoms with van der Waals surface area (Å²) < 4.78 is 6.29. The second-order valence-electron chi connectivity index (χ2n) is 8.23. The highest BCUT2D eigenvalue weighted by Crippen LogP contribution is 2.30. The molecule has 31 heavy (non-hydrogen) atoms. The number of fused-ring (bicyclic) bond motifs is 1. The van der Waals surface area contributed by atoms with Gasteiger partial charge in [-0.1, -0.05) is 18.7 Å². The quantitative estimate of drug-likeness (QED) is 0.396. The summed E-state index contributed by atoms with van der Waals surface area (Å²) in [5.41, 5.74) is 2.55. The lowest BCUT2D eigenvalue weighted by Crippen LogP contribution is -2.49. The van der Waals surface area contributed by atoms with Gasteiger partial charge in [-0.15, -0.1) is 11.3 Å². The summed E-state index contributed by atoms with van der Waals surface area (Å²) in [6.07, 6.45) is 0. The second-order valence-corrected chi connectivity index (χ2v) is 9.26. The number of hydrogen-bond donors (Lipinski definition) is 1. The molecule has 0 fully saturated rings. The fourth-order valence-electron chi connectivity index (χ4n) is 2.98. The Labute approximate surface area is 186 Å². The number of anilines is 1. The fourth-order valence-corrected chi connectivity index (χ4v) is 3.95. The number of urea groups is 1. The van der Waals surface area contributed by atoms with Crippen molar-refractivity contribution in [2.45, 2.75) is 33.2 Å². The normalized spacial score (nSPS) is 11.2. The number of amides is 2. The third-order valence-electron chi connectivity index (χ3n) is 4.63. The van der Waals surface area contributed by atoms with Gasteiger partial charge in [-0.05, 0) is 64.1 Å². The average Bonchev–Trinajstić information content (AvgIpc) is 3.14. The zero-order chi connectivity index (χ0) is 22.6. The van der Waals surface area contributed by atoms with Crippen molar-refractivity contribution in [2.24, 2.45) is 0 Å². The van der Waals surface area contributed by atoms with E-state index in [2.05, 4.69) is 22.9 Å². The van der Waals surface area contributed by atoms with Gasteiger partial charge >= 0.3 is 12.0 Å². The molecule has 0 spiro atoms. The number of rotatable bonds is 6. The minimum absolute atomic E-state index is 0.104. The van der Waals surface area contributed by atoms with E-state index in [0.29, 0.717) is 11.3 Å². The van der Waals surface area contributed by atoms with Crippen molar-refractivity contribution in [3.63, 3.8) is 0 Å². The number of para-hydroxylation sites is 1. The monoisotopic (exact) mass is 437 g/mol. The van der Waals surface area contributed by atoms with E-state index in [0.717, 1.165) is 20.8 Å². The van der Waals surface area contributed by atoms with Gasteiger partial charge in [0.25, 0.3) is 0 Å². The third kappa shape index (κ3) is 5.70. The highest BCUT2D eigenvalue weighted by molar-refractivity contribution is 7.21. The molecule has 6 nitrogen and oxygen atoms in total. The minimum atomic E-state index is -0.459. The third-order valence-corrected chi connectivity index (χ3v) is 5.71. The standard InChI is InChI=1S/C24H27N3O3S/c1-16(2)22(28)30-15-14-27(24(3,4)5)23(29)25-18-12-10-17(11-13-18)21-26-19-8-6-7-9-20(19)31-21/h6-13H,1,14-15H2,2-5H3,(H,25,29). The van der Waals surface area contributed by atoms with Gasteiger partial charge in [-0.2, -0.15) is 0 Å². The fraction of sp³-hybridized carbons (Fsp3) is 0.292. The van der Waals surface area contributed by atoms with Crippen LogP contribution in [0.15, 0.2) is 60.7 Å². The Morgan fingerprint density at radius 3 is 2.42 bits per heavy atom. The van der Waals surface area contributed by atoms with Crippen LogP contribution in [-0.4, -0.2) is 40.6 Å². The van der Waals surface area contributed by atoms with Gasteiger partial charge in [0.2, 0.25) is 0 Å². The van der Waals surface area contributed by atoms with Crippen LogP contribution in [0.1, 0.15) is 27.7 Å². The van der Waals surface area contributed by atoms with Crippen molar-refractivity contribution in [1.82, 2.24) is 9.88 Å². The summed E-state index contributed by atoms with van der Waals surface area (Å²) in [4.78, 5) is 30.8. The molecular weight excluding hydrogens is 410 g/mol. The van der Waals surface area contributed by atoms with Crippen LogP contribution in [0.3, 0.4) is 0 Å². The smallest absolute Gasteiger partial charge is 0.333 e. The molecule has 0 bridgehead atoms. The Morgan fingerprint density at radius 1 is 1.13 bits per heavy atom. The number of esters is 1. The highest BCUT2D eigenvalue weighted by atomic mass is 32.1. The molecule has 1 heterocycles. The van der Waals surface area contributed by atoms with E-state index in [1.807, 2.05) is 63.2 Å². The molecule has 1 aromatic heterocycles. The zero-order valence-corrected chi connectivity index (χ0v) is 19.1. The summed E-state index contributed by atoms with van der Waals surface area (Å²) in [7, 11) is 0. The molecule has 0 atom stereocenters. The molecular formula is C24H27N3O3S. The Hall–Kier alpha value is -3.19.